The number of halogens is 1. The van der Waals surface area contributed by atoms with E-state index in [2.05, 4.69) is 4.98 Å². The minimum Gasteiger partial charge on any atom is -0.384 e. The zero-order valence-electron chi connectivity index (χ0n) is 9.39. The Bertz CT molecular complexity index is 525. The largest absolute Gasteiger partial charge is 0.384 e. The molecule has 3 N–H and O–H groups in total. The van der Waals surface area contributed by atoms with Gasteiger partial charge in [0.2, 0.25) is 0 Å². The quantitative estimate of drug-likeness (QED) is 0.859. The van der Waals surface area contributed by atoms with Gasteiger partial charge in [-0.3, -0.25) is 0 Å². The summed E-state index contributed by atoms with van der Waals surface area (Å²) in [6, 6.07) is 9.23. The van der Waals surface area contributed by atoms with E-state index in [1.807, 2.05) is 31.2 Å². The molecule has 0 radical (unpaired) electrons. The molecule has 0 fully saturated rings. The SMILES string of the molecule is Cc1ccc(C(O)c2cc(Cl)cnc2N)cc1. The first-order valence-corrected chi connectivity index (χ1v) is 5.61. The molecule has 88 valence electrons. The monoisotopic (exact) mass is 248 g/mol. The number of hydrogen-bond acceptors (Lipinski definition) is 3. The average molecular weight is 249 g/mol. The van der Waals surface area contributed by atoms with Gasteiger partial charge in [-0.25, -0.2) is 4.98 Å². The maximum atomic E-state index is 10.2. The molecule has 4 heteroatoms. The minimum atomic E-state index is -0.804. The average Bonchev–Trinajstić information content (AvgIpc) is 2.32. The van der Waals surface area contributed by atoms with Crippen molar-refractivity contribution >= 4 is 17.4 Å². The number of pyridine rings is 1. The summed E-state index contributed by atoms with van der Waals surface area (Å²) in [6.45, 7) is 1.99. The van der Waals surface area contributed by atoms with Gasteiger partial charge in [0, 0.05) is 11.8 Å². The smallest absolute Gasteiger partial charge is 0.129 e. The molecule has 17 heavy (non-hydrogen) atoms. The van der Waals surface area contributed by atoms with Crippen molar-refractivity contribution in [3.8, 4) is 0 Å². The lowest BCUT2D eigenvalue weighted by Gasteiger charge is -2.13. The molecule has 1 unspecified atom stereocenters. The Morgan fingerprint density at radius 1 is 1.29 bits per heavy atom. The van der Waals surface area contributed by atoms with Gasteiger partial charge >= 0.3 is 0 Å². The van der Waals surface area contributed by atoms with Crippen molar-refractivity contribution in [3.05, 3.63) is 58.2 Å². The second-order valence-electron chi connectivity index (χ2n) is 3.94. The number of aliphatic hydroxyl groups is 1. The summed E-state index contributed by atoms with van der Waals surface area (Å²) in [5, 5.41) is 10.7. The van der Waals surface area contributed by atoms with Crippen LogP contribution in [0.3, 0.4) is 0 Å². The Kier molecular flexibility index (Phi) is 3.31. The molecule has 1 atom stereocenters. The molecule has 3 nitrogen and oxygen atoms in total. The molecule has 0 aliphatic rings. The van der Waals surface area contributed by atoms with Crippen LogP contribution in [0.25, 0.3) is 0 Å². The Labute approximate surface area is 105 Å². The molecule has 0 spiro atoms. The molecule has 1 aromatic carbocycles. The van der Waals surface area contributed by atoms with Gasteiger partial charge in [-0.2, -0.15) is 0 Å². The first-order valence-electron chi connectivity index (χ1n) is 5.23. The van der Waals surface area contributed by atoms with Crippen molar-refractivity contribution in [1.29, 1.82) is 0 Å². The molecule has 2 aromatic rings. The number of nitrogen functional groups attached to an aromatic ring is 1. The first kappa shape index (κ1) is 11.9. The second-order valence-corrected chi connectivity index (χ2v) is 4.38. The number of anilines is 1. The van der Waals surface area contributed by atoms with Gasteiger partial charge in [-0.15, -0.1) is 0 Å². The Hall–Kier alpha value is -1.58. The highest BCUT2D eigenvalue weighted by Gasteiger charge is 2.14. The summed E-state index contributed by atoms with van der Waals surface area (Å²) in [5.74, 6) is 0.294. The van der Waals surface area contributed by atoms with E-state index >= 15 is 0 Å². The third kappa shape index (κ3) is 2.57. The van der Waals surface area contributed by atoms with Crippen LogP contribution in [-0.2, 0) is 0 Å². The van der Waals surface area contributed by atoms with Crippen LogP contribution in [-0.4, -0.2) is 10.1 Å². The summed E-state index contributed by atoms with van der Waals surface area (Å²) in [5.41, 5.74) is 8.16. The second kappa shape index (κ2) is 4.73. The van der Waals surface area contributed by atoms with Crippen LogP contribution < -0.4 is 5.73 Å². The maximum absolute atomic E-state index is 10.2. The van der Waals surface area contributed by atoms with Gasteiger partial charge in [-0.1, -0.05) is 41.4 Å². The van der Waals surface area contributed by atoms with Crippen molar-refractivity contribution in [2.45, 2.75) is 13.0 Å². The molecular weight excluding hydrogens is 236 g/mol. The van der Waals surface area contributed by atoms with Gasteiger partial charge in [0.15, 0.2) is 0 Å². The normalized spacial score (nSPS) is 12.4. The lowest BCUT2D eigenvalue weighted by atomic mass is 10.0. The third-order valence-electron chi connectivity index (χ3n) is 2.60. The van der Waals surface area contributed by atoms with Crippen LogP contribution >= 0.6 is 11.6 Å². The van der Waals surface area contributed by atoms with E-state index in [1.54, 1.807) is 6.07 Å². The van der Waals surface area contributed by atoms with E-state index in [-0.39, 0.29) is 0 Å². The lowest BCUT2D eigenvalue weighted by molar-refractivity contribution is 0.220. The van der Waals surface area contributed by atoms with Crippen LogP contribution in [0.4, 0.5) is 5.82 Å². The summed E-state index contributed by atoms with van der Waals surface area (Å²) in [6.07, 6.45) is 0.657. The highest BCUT2D eigenvalue weighted by Crippen LogP contribution is 2.27. The molecule has 1 aromatic heterocycles. The Morgan fingerprint density at radius 3 is 2.59 bits per heavy atom. The minimum absolute atomic E-state index is 0.294. The summed E-state index contributed by atoms with van der Waals surface area (Å²) < 4.78 is 0. The lowest BCUT2D eigenvalue weighted by Crippen LogP contribution is -2.05. The number of hydrogen-bond donors (Lipinski definition) is 2. The molecule has 0 bridgehead atoms. The summed E-state index contributed by atoms with van der Waals surface area (Å²) in [7, 11) is 0. The molecule has 0 aliphatic carbocycles. The van der Waals surface area contributed by atoms with Gasteiger partial charge in [0.25, 0.3) is 0 Å². The molecular formula is C13H13ClN2O. The number of rotatable bonds is 2. The standard InChI is InChI=1S/C13H13ClN2O/c1-8-2-4-9(5-3-8)12(17)11-6-10(14)7-16-13(11)15/h2-7,12,17H,1H3,(H2,15,16). The maximum Gasteiger partial charge on any atom is 0.129 e. The fourth-order valence-electron chi connectivity index (χ4n) is 1.61. The predicted octanol–water partition coefficient (Wildman–Crippen LogP) is 2.71. The van der Waals surface area contributed by atoms with Crippen LogP contribution in [0.5, 0.6) is 0 Å². The number of aliphatic hydroxyl groups excluding tert-OH is 1. The van der Waals surface area contributed by atoms with E-state index < -0.39 is 6.10 Å². The summed E-state index contributed by atoms with van der Waals surface area (Å²) in [4.78, 5) is 3.93. The van der Waals surface area contributed by atoms with Crippen LogP contribution in [0, 0.1) is 6.92 Å². The van der Waals surface area contributed by atoms with Crippen molar-refractivity contribution in [2.75, 3.05) is 5.73 Å². The predicted molar refractivity (Wildman–Crippen MR) is 68.9 cm³/mol. The Balaban J connectivity index is 2.39. The number of nitrogens with zero attached hydrogens (tertiary/aromatic N) is 1. The van der Waals surface area contributed by atoms with Gasteiger partial charge in [0.1, 0.15) is 11.9 Å². The van der Waals surface area contributed by atoms with Crippen molar-refractivity contribution < 1.29 is 5.11 Å². The highest BCUT2D eigenvalue weighted by atomic mass is 35.5. The fourth-order valence-corrected chi connectivity index (χ4v) is 1.78. The molecule has 0 saturated heterocycles. The third-order valence-corrected chi connectivity index (χ3v) is 2.81. The number of benzene rings is 1. The van der Waals surface area contributed by atoms with Gasteiger partial charge < -0.3 is 10.8 Å². The van der Waals surface area contributed by atoms with Crippen molar-refractivity contribution in [2.24, 2.45) is 0 Å². The van der Waals surface area contributed by atoms with E-state index in [1.165, 1.54) is 6.20 Å². The van der Waals surface area contributed by atoms with Crippen LogP contribution in [0.15, 0.2) is 36.5 Å². The molecule has 0 amide bonds. The molecule has 2 rings (SSSR count). The number of aromatic nitrogens is 1. The van der Waals surface area contributed by atoms with Crippen LogP contribution in [0.2, 0.25) is 5.02 Å². The van der Waals surface area contributed by atoms with Crippen molar-refractivity contribution in [1.82, 2.24) is 4.98 Å². The van der Waals surface area contributed by atoms with E-state index in [4.69, 9.17) is 17.3 Å². The molecule has 0 saturated carbocycles. The fraction of sp³-hybridized carbons (Fsp3) is 0.154. The topological polar surface area (TPSA) is 59.1 Å². The molecule has 1 heterocycles. The first-order chi connectivity index (χ1) is 8.08. The van der Waals surface area contributed by atoms with Gasteiger partial charge in [0.05, 0.1) is 5.02 Å². The van der Waals surface area contributed by atoms with E-state index in [0.717, 1.165) is 11.1 Å². The number of nitrogens with two attached hydrogens (primary N) is 1. The Morgan fingerprint density at radius 2 is 1.94 bits per heavy atom. The van der Waals surface area contributed by atoms with Gasteiger partial charge in [-0.05, 0) is 18.6 Å². The highest BCUT2D eigenvalue weighted by molar-refractivity contribution is 6.30. The van der Waals surface area contributed by atoms with Crippen LogP contribution in [0.1, 0.15) is 22.8 Å². The molecule has 0 aliphatic heterocycles. The zero-order chi connectivity index (χ0) is 12.4. The zero-order valence-corrected chi connectivity index (χ0v) is 10.1. The summed E-state index contributed by atoms with van der Waals surface area (Å²) >= 11 is 5.84. The number of aryl methyl sites for hydroxylation is 1. The van der Waals surface area contributed by atoms with E-state index in [0.29, 0.717) is 16.4 Å². The van der Waals surface area contributed by atoms with E-state index in [9.17, 15) is 5.11 Å². The van der Waals surface area contributed by atoms with Crippen molar-refractivity contribution in [3.63, 3.8) is 0 Å².